The minimum absolute atomic E-state index is 0.387. The zero-order valence-electron chi connectivity index (χ0n) is 12.5. The Morgan fingerprint density at radius 1 is 1.13 bits per heavy atom. The minimum atomic E-state index is 0.387. The maximum absolute atomic E-state index is 6.05. The van der Waals surface area contributed by atoms with E-state index < -0.39 is 0 Å². The summed E-state index contributed by atoms with van der Waals surface area (Å²) in [5, 5.41) is 0.387. The Bertz CT molecular complexity index is 811. The number of aromatic amines is 1. The van der Waals surface area contributed by atoms with Gasteiger partial charge in [-0.15, -0.1) is 0 Å². The number of rotatable bonds is 3. The molecule has 0 spiro atoms. The van der Waals surface area contributed by atoms with Gasteiger partial charge in [-0.05, 0) is 5.56 Å². The van der Waals surface area contributed by atoms with Crippen molar-refractivity contribution in [3.05, 3.63) is 41.3 Å². The van der Waals surface area contributed by atoms with E-state index in [4.69, 9.17) is 16.3 Å². The zero-order valence-corrected chi connectivity index (χ0v) is 13.3. The molecular weight excluding hydrogens is 314 g/mol. The van der Waals surface area contributed by atoms with Crippen molar-refractivity contribution >= 4 is 22.8 Å². The Morgan fingerprint density at radius 3 is 2.65 bits per heavy atom. The van der Waals surface area contributed by atoms with Gasteiger partial charge in [-0.25, -0.2) is 15.0 Å². The first kappa shape index (κ1) is 14.6. The highest BCUT2D eigenvalue weighted by molar-refractivity contribution is 6.33. The molecule has 3 aromatic rings. The second-order valence-electron chi connectivity index (χ2n) is 5.53. The molecule has 1 aliphatic rings. The molecular formula is C16H16ClN5O. The SMILES string of the molecule is Clc1ncnc2nc(-c3ccc(CN4CCOCC4)cc3)[nH]c12. The lowest BCUT2D eigenvalue weighted by atomic mass is 10.1. The van der Waals surface area contributed by atoms with Crippen LogP contribution in [0.3, 0.4) is 0 Å². The normalized spacial score (nSPS) is 16.0. The van der Waals surface area contributed by atoms with E-state index in [1.165, 1.54) is 11.9 Å². The third-order valence-corrected chi connectivity index (χ3v) is 4.27. The van der Waals surface area contributed by atoms with Crippen molar-refractivity contribution in [1.29, 1.82) is 0 Å². The molecule has 23 heavy (non-hydrogen) atoms. The van der Waals surface area contributed by atoms with Crippen LogP contribution < -0.4 is 0 Å². The topological polar surface area (TPSA) is 66.9 Å². The van der Waals surface area contributed by atoms with Crippen LogP contribution in [-0.4, -0.2) is 51.1 Å². The molecule has 1 N–H and O–H groups in total. The van der Waals surface area contributed by atoms with Crippen LogP contribution in [0, 0.1) is 0 Å². The molecule has 118 valence electrons. The summed E-state index contributed by atoms with van der Waals surface area (Å²) >= 11 is 6.05. The van der Waals surface area contributed by atoms with Crippen molar-refractivity contribution in [2.45, 2.75) is 6.54 Å². The highest BCUT2D eigenvalue weighted by Crippen LogP contribution is 2.23. The van der Waals surface area contributed by atoms with E-state index in [1.54, 1.807) is 0 Å². The predicted molar refractivity (Wildman–Crippen MR) is 88.2 cm³/mol. The lowest BCUT2D eigenvalue weighted by Gasteiger charge is -2.26. The first-order valence-electron chi connectivity index (χ1n) is 7.55. The molecule has 0 saturated carbocycles. The number of nitrogens with one attached hydrogen (secondary N) is 1. The molecule has 2 aromatic heterocycles. The predicted octanol–water partition coefficient (Wildman–Crippen LogP) is 2.51. The van der Waals surface area contributed by atoms with Gasteiger partial charge in [0.1, 0.15) is 17.7 Å². The van der Waals surface area contributed by atoms with E-state index in [0.717, 1.165) is 44.2 Å². The number of fused-ring (bicyclic) bond motifs is 1. The molecule has 1 aliphatic heterocycles. The fourth-order valence-electron chi connectivity index (χ4n) is 2.72. The van der Waals surface area contributed by atoms with E-state index >= 15 is 0 Å². The standard InChI is InChI=1S/C16H16ClN5O/c17-14-13-16(19-10-18-14)21-15(20-13)12-3-1-11(2-4-12)9-22-5-7-23-8-6-22/h1-4,10H,5-9H2,(H,18,19,20,21). The van der Waals surface area contributed by atoms with Gasteiger partial charge in [0.25, 0.3) is 0 Å². The molecule has 1 fully saturated rings. The van der Waals surface area contributed by atoms with Crippen LogP contribution in [0.25, 0.3) is 22.6 Å². The zero-order chi connectivity index (χ0) is 15.6. The molecule has 0 radical (unpaired) electrons. The molecule has 0 atom stereocenters. The Labute approximate surface area is 138 Å². The monoisotopic (exact) mass is 329 g/mol. The second kappa shape index (κ2) is 6.23. The first-order valence-corrected chi connectivity index (χ1v) is 7.93. The number of imidazole rings is 1. The van der Waals surface area contributed by atoms with Crippen LogP contribution in [0.15, 0.2) is 30.6 Å². The third-order valence-electron chi connectivity index (χ3n) is 3.98. The number of nitrogens with zero attached hydrogens (tertiary/aromatic N) is 4. The van der Waals surface area contributed by atoms with Gasteiger partial charge < -0.3 is 9.72 Å². The van der Waals surface area contributed by atoms with Gasteiger partial charge in [-0.1, -0.05) is 35.9 Å². The summed E-state index contributed by atoms with van der Waals surface area (Å²) in [4.78, 5) is 18.1. The van der Waals surface area contributed by atoms with Crippen LogP contribution in [0.2, 0.25) is 5.15 Å². The molecule has 1 aromatic carbocycles. The number of hydrogen-bond donors (Lipinski definition) is 1. The van der Waals surface area contributed by atoms with Gasteiger partial charge in [0.15, 0.2) is 10.8 Å². The largest absolute Gasteiger partial charge is 0.379 e. The van der Waals surface area contributed by atoms with Gasteiger partial charge in [0, 0.05) is 25.2 Å². The maximum atomic E-state index is 6.05. The second-order valence-corrected chi connectivity index (χ2v) is 5.89. The number of benzene rings is 1. The van der Waals surface area contributed by atoms with Gasteiger partial charge >= 0.3 is 0 Å². The molecule has 0 aliphatic carbocycles. The molecule has 4 rings (SSSR count). The Morgan fingerprint density at radius 2 is 1.91 bits per heavy atom. The highest BCUT2D eigenvalue weighted by atomic mass is 35.5. The summed E-state index contributed by atoms with van der Waals surface area (Å²) < 4.78 is 5.38. The maximum Gasteiger partial charge on any atom is 0.182 e. The van der Waals surface area contributed by atoms with Crippen LogP contribution in [-0.2, 0) is 11.3 Å². The number of ether oxygens (including phenoxy) is 1. The van der Waals surface area contributed by atoms with Crippen molar-refractivity contribution in [2.24, 2.45) is 0 Å². The molecule has 7 heteroatoms. The van der Waals surface area contributed by atoms with Gasteiger partial charge in [-0.2, -0.15) is 0 Å². The summed E-state index contributed by atoms with van der Waals surface area (Å²) in [6.07, 6.45) is 1.42. The lowest BCUT2D eigenvalue weighted by molar-refractivity contribution is 0.0342. The van der Waals surface area contributed by atoms with Crippen LogP contribution in [0.4, 0.5) is 0 Å². The fraction of sp³-hybridized carbons (Fsp3) is 0.312. The first-order chi connectivity index (χ1) is 11.3. The summed E-state index contributed by atoms with van der Waals surface area (Å²) in [5.41, 5.74) is 3.54. The number of aromatic nitrogens is 4. The van der Waals surface area contributed by atoms with Crippen molar-refractivity contribution in [3.8, 4) is 11.4 Å². The Balaban J connectivity index is 1.55. The molecule has 0 unspecified atom stereocenters. The number of morpholine rings is 1. The van der Waals surface area contributed by atoms with Crippen molar-refractivity contribution in [2.75, 3.05) is 26.3 Å². The van der Waals surface area contributed by atoms with E-state index in [2.05, 4.69) is 49.1 Å². The average molecular weight is 330 g/mol. The fourth-order valence-corrected chi connectivity index (χ4v) is 2.90. The molecule has 1 saturated heterocycles. The van der Waals surface area contributed by atoms with Crippen LogP contribution >= 0.6 is 11.6 Å². The van der Waals surface area contributed by atoms with Crippen molar-refractivity contribution in [1.82, 2.24) is 24.8 Å². The van der Waals surface area contributed by atoms with Crippen molar-refractivity contribution < 1.29 is 4.74 Å². The lowest BCUT2D eigenvalue weighted by Crippen LogP contribution is -2.35. The molecule has 0 bridgehead atoms. The Kier molecular flexibility index (Phi) is 3.95. The summed E-state index contributed by atoms with van der Waals surface area (Å²) in [7, 11) is 0. The van der Waals surface area contributed by atoms with Gasteiger partial charge in [-0.3, -0.25) is 4.90 Å². The van der Waals surface area contributed by atoms with E-state index in [-0.39, 0.29) is 0 Å². The molecule has 3 heterocycles. The van der Waals surface area contributed by atoms with Gasteiger partial charge in [0.05, 0.1) is 13.2 Å². The quantitative estimate of drug-likeness (QED) is 0.748. The average Bonchev–Trinajstić information content (AvgIpc) is 3.02. The molecule has 6 nitrogen and oxygen atoms in total. The Hall–Kier alpha value is -2.02. The van der Waals surface area contributed by atoms with E-state index in [0.29, 0.717) is 16.3 Å². The number of halogens is 1. The van der Waals surface area contributed by atoms with Crippen LogP contribution in [0.5, 0.6) is 0 Å². The number of hydrogen-bond acceptors (Lipinski definition) is 5. The van der Waals surface area contributed by atoms with Crippen molar-refractivity contribution in [3.63, 3.8) is 0 Å². The highest BCUT2D eigenvalue weighted by Gasteiger charge is 2.12. The summed E-state index contributed by atoms with van der Waals surface area (Å²) in [5.74, 6) is 0.750. The smallest absolute Gasteiger partial charge is 0.182 e. The van der Waals surface area contributed by atoms with E-state index in [1.807, 2.05) is 0 Å². The van der Waals surface area contributed by atoms with Gasteiger partial charge in [0.2, 0.25) is 0 Å². The van der Waals surface area contributed by atoms with E-state index in [9.17, 15) is 0 Å². The molecule has 0 amide bonds. The minimum Gasteiger partial charge on any atom is -0.379 e. The summed E-state index contributed by atoms with van der Waals surface area (Å²) in [6, 6.07) is 8.39. The number of H-pyrrole nitrogens is 1. The third kappa shape index (κ3) is 3.06. The summed E-state index contributed by atoms with van der Waals surface area (Å²) in [6.45, 7) is 4.56. The van der Waals surface area contributed by atoms with Crippen LogP contribution in [0.1, 0.15) is 5.56 Å².